The summed E-state index contributed by atoms with van der Waals surface area (Å²) < 4.78 is 0. The maximum Gasteiger partial charge on any atom is 0.320 e. The second-order valence-corrected chi connectivity index (χ2v) is 8.07. The van der Waals surface area contributed by atoms with Gasteiger partial charge in [-0.2, -0.15) is 0 Å². The van der Waals surface area contributed by atoms with Crippen molar-refractivity contribution in [1.82, 2.24) is 19.7 Å². The van der Waals surface area contributed by atoms with Gasteiger partial charge in [0.25, 0.3) is 0 Å². The quantitative estimate of drug-likeness (QED) is 0.823. The highest BCUT2D eigenvalue weighted by molar-refractivity contribution is 7.09. The van der Waals surface area contributed by atoms with Crippen molar-refractivity contribution in [2.75, 3.05) is 19.6 Å². The molecule has 3 aliphatic heterocycles. The Bertz CT molecular complexity index is 640. The Morgan fingerprint density at radius 2 is 2.04 bits per heavy atom. The minimum absolute atomic E-state index is 0.153. The lowest BCUT2D eigenvalue weighted by Gasteiger charge is -2.40. The lowest BCUT2D eigenvalue weighted by molar-refractivity contribution is -0.138. The number of amides is 3. The van der Waals surface area contributed by atoms with E-state index in [1.165, 1.54) is 0 Å². The van der Waals surface area contributed by atoms with Gasteiger partial charge in [0.1, 0.15) is 0 Å². The number of rotatable bonds is 2. The first-order valence-electron chi connectivity index (χ1n) is 8.89. The normalized spacial score (nSPS) is 27.0. The summed E-state index contributed by atoms with van der Waals surface area (Å²) in [6.45, 7) is 5.10. The summed E-state index contributed by atoms with van der Waals surface area (Å²) in [5.74, 6) is 0.206. The Hall–Kier alpha value is -1.63. The molecule has 130 valence electrons. The Kier molecular flexibility index (Phi) is 4.20. The molecule has 0 aromatic carbocycles. The molecule has 6 nitrogen and oxygen atoms in total. The highest BCUT2D eigenvalue weighted by Crippen LogP contribution is 2.33. The second-order valence-electron chi connectivity index (χ2n) is 7.01. The topological polar surface area (TPSA) is 56.8 Å². The summed E-state index contributed by atoms with van der Waals surface area (Å²) in [7, 11) is 0. The van der Waals surface area contributed by atoms with Gasteiger partial charge in [-0.05, 0) is 32.6 Å². The van der Waals surface area contributed by atoms with E-state index in [2.05, 4.69) is 4.98 Å². The standard InChI is InChI=1S/C17H24N4O2S/c1-12-18-13(11-24-12)10-21-15-6-9-20(14(15)4-5-16(21)22)17(23)19-7-2-3-8-19/h11,14-15H,2-10H2,1H3/t14-,15-/m1/s1. The predicted octanol–water partition coefficient (Wildman–Crippen LogP) is 2.23. The number of carbonyl (C=O) groups excluding carboxylic acids is 2. The zero-order valence-electron chi connectivity index (χ0n) is 14.1. The molecule has 0 bridgehead atoms. The van der Waals surface area contributed by atoms with Gasteiger partial charge in [0.2, 0.25) is 5.91 Å². The Labute approximate surface area is 146 Å². The zero-order valence-corrected chi connectivity index (χ0v) is 14.9. The second kappa shape index (κ2) is 6.35. The maximum absolute atomic E-state index is 12.8. The molecular weight excluding hydrogens is 324 g/mol. The molecule has 0 aliphatic carbocycles. The highest BCUT2D eigenvalue weighted by atomic mass is 32.1. The van der Waals surface area contributed by atoms with Gasteiger partial charge in [-0.15, -0.1) is 11.3 Å². The van der Waals surface area contributed by atoms with Gasteiger partial charge in [0, 0.05) is 31.4 Å². The molecular formula is C17H24N4O2S. The summed E-state index contributed by atoms with van der Waals surface area (Å²) in [6.07, 6.45) is 4.45. The minimum atomic E-state index is 0.153. The van der Waals surface area contributed by atoms with E-state index < -0.39 is 0 Å². The van der Waals surface area contributed by atoms with Crippen molar-refractivity contribution in [2.45, 2.75) is 57.7 Å². The van der Waals surface area contributed by atoms with E-state index in [1.54, 1.807) is 11.3 Å². The van der Waals surface area contributed by atoms with Crippen LogP contribution in [0.4, 0.5) is 4.79 Å². The van der Waals surface area contributed by atoms with Crippen LogP contribution in [0.5, 0.6) is 0 Å². The van der Waals surface area contributed by atoms with Crippen LogP contribution in [0.15, 0.2) is 5.38 Å². The average Bonchev–Trinajstić information content (AvgIpc) is 3.30. The molecule has 1 aromatic rings. The molecule has 4 heterocycles. The van der Waals surface area contributed by atoms with Crippen molar-refractivity contribution < 1.29 is 9.59 Å². The van der Waals surface area contributed by atoms with Crippen LogP contribution < -0.4 is 0 Å². The van der Waals surface area contributed by atoms with Crippen molar-refractivity contribution in [3.05, 3.63) is 16.1 Å². The molecule has 3 amide bonds. The van der Waals surface area contributed by atoms with E-state index in [9.17, 15) is 9.59 Å². The van der Waals surface area contributed by atoms with Crippen molar-refractivity contribution in [1.29, 1.82) is 0 Å². The molecule has 1 aromatic heterocycles. The van der Waals surface area contributed by atoms with Crippen molar-refractivity contribution in [3.8, 4) is 0 Å². The molecule has 2 atom stereocenters. The lowest BCUT2D eigenvalue weighted by atomic mass is 9.96. The van der Waals surface area contributed by atoms with Crippen molar-refractivity contribution in [2.24, 2.45) is 0 Å². The van der Waals surface area contributed by atoms with Crippen LogP contribution in [0, 0.1) is 6.92 Å². The summed E-state index contributed by atoms with van der Waals surface area (Å²) in [6, 6.07) is 0.508. The minimum Gasteiger partial charge on any atom is -0.332 e. The van der Waals surface area contributed by atoms with E-state index in [4.69, 9.17) is 0 Å². The highest BCUT2D eigenvalue weighted by Gasteiger charge is 2.46. The summed E-state index contributed by atoms with van der Waals surface area (Å²) in [5.41, 5.74) is 0.968. The predicted molar refractivity (Wildman–Crippen MR) is 91.7 cm³/mol. The number of urea groups is 1. The van der Waals surface area contributed by atoms with Crippen LogP contribution in [0.25, 0.3) is 0 Å². The van der Waals surface area contributed by atoms with Crippen LogP contribution in [0.2, 0.25) is 0 Å². The van der Waals surface area contributed by atoms with Gasteiger partial charge in [0.05, 0.1) is 29.3 Å². The van der Waals surface area contributed by atoms with Crippen LogP contribution in [0.1, 0.15) is 42.8 Å². The maximum atomic E-state index is 12.8. The van der Waals surface area contributed by atoms with E-state index in [0.29, 0.717) is 13.0 Å². The number of aromatic nitrogens is 1. The molecule has 24 heavy (non-hydrogen) atoms. The summed E-state index contributed by atoms with van der Waals surface area (Å²) in [4.78, 5) is 35.7. The molecule has 3 aliphatic rings. The molecule has 3 fully saturated rings. The fourth-order valence-corrected chi connectivity index (χ4v) is 4.94. The third-order valence-electron chi connectivity index (χ3n) is 5.51. The molecule has 0 unspecified atom stereocenters. The van der Waals surface area contributed by atoms with Crippen LogP contribution in [-0.2, 0) is 11.3 Å². The summed E-state index contributed by atoms with van der Waals surface area (Å²) >= 11 is 1.62. The van der Waals surface area contributed by atoms with Gasteiger partial charge >= 0.3 is 6.03 Å². The van der Waals surface area contributed by atoms with Crippen LogP contribution in [0.3, 0.4) is 0 Å². The van der Waals surface area contributed by atoms with Crippen molar-refractivity contribution >= 4 is 23.3 Å². The number of thiazole rings is 1. The van der Waals surface area contributed by atoms with E-state index in [1.807, 2.05) is 27.0 Å². The fourth-order valence-electron chi connectivity index (χ4n) is 4.34. The van der Waals surface area contributed by atoms with Crippen molar-refractivity contribution in [3.63, 3.8) is 0 Å². The average molecular weight is 348 g/mol. The van der Waals surface area contributed by atoms with Gasteiger partial charge < -0.3 is 14.7 Å². The van der Waals surface area contributed by atoms with Crippen LogP contribution in [-0.4, -0.2) is 63.3 Å². The van der Waals surface area contributed by atoms with E-state index in [0.717, 1.165) is 56.0 Å². The molecule has 3 saturated heterocycles. The first-order chi connectivity index (χ1) is 11.6. The monoisotopic (exact) mass is 348 g/mol. The Morgan fingerprint density at radius 1 is 1.25 bits per heavy atom. The zero-order chi connectivity index (χ0) is 16.7. The van der Waals surface area contributed by atoms with E-state index >= 15 is 0 Å². The number of hydrogen-bond donors (Lipinski definition) is 0. The number of hydrogen-bond acceptors (Lipinski definition) is 4. The lowest BCUT2D eigenvalue weighted by Crippen LogP contribution is -2.54. The Balaban J connectivity index is 1.49. The molecule has 0 saturated carbocycles. The van der Waals surface area contributed by atoms with Gasteiger partial charge in [-0.1, -0.05) is 0 Å². The molecule has 0 radical (unpaired) electrons. The first kappa shape index (κ1) is 15.9. The van der Waals surface area contributed by atoms with Gasteiger partial charge in [-0.3, -0.25) is 4.79 Å². The molecule has 7 heteroatoms. The number of nitrogens with zero attached hydrogens (tertiary/aromatic N) is 4. The molecule has 0 spiro atoms. The number of fused-ring (bicyclic) bond motifs is 1. The number of aryl methyl sites for hydroxylation is 1. The molecule has 4 rings (SSSR count). The molecule has 0 N–H and O–H groups in total. The third kappa shape index (κ3) is 2.79. The summed E-state index contributed by atoms with van der Waals surface area (Å²) in [5, 5.41) is 3.07. The number of carbonyl (C=O) groups is 2. The fraction of sp³-hybridized carbons (Fsp3) is 0.706. The SMILES string of the molecule is Cc1nc(CN2C(=O)CC[C@@H]3[C@H]2CCN3C(=O)N2CCCC2)cs1. The first-order valence-corrected chi connectivity index (χ1v) is 9.77. The van der Waals surface area contributed by atoms with Gasteiger partial charge in [0.15, 0.2) is 0 Å². The van der Waals surface area contributed by atoms with Crippen LogP contribution >= 0.6 is 11.3 Å². The third-order valence-corrected chi connectivity index (χ3v) is 6.33. The smallest absolute Gasteiger partial charge is 0.320 e. The number of likely N-dealkylation sites (tertiary alicyclic amines) is 3. The van der Waals surface area contributed by atoms with Gasteiger partial charge in [-0.25, -0.2) is 9.78 Å². The number of piperidine rings is 1. The van der Waals surface area contributed by atoms with E-state index in [-0.39, 0.29) is 24.0 Å². The largest absolute Gasteiger partial charge is 0.332 e. The Morgan fingerprint density at radius 3 is 2.75 bits per heavy atom.